The Labute approximate surface area is 80.6 Å². The van der Waals surface area contributed by atoms with Crippen molar-refractivity contribution in [3.8, 4) is 0 Å². The van der Waals surface area contributed by atoms with Crippen molar-refractivity contribution in [1.82, 2.24) is 0 Å². The second kappa shape index (κ2) is 3.33. The zero-order valence-corrected chi connectivity index (χ0v) is 7.27. The van der Waals surface area contributed by atoms with E-state index in [4.69, 9.17) is 5.11 Å². The number of carbonyl (C=O) groups is 1. The van der Waals surface area contributed by atoms with Crippen molar-refractivity contribution in [2.45, 2.75) is 0 Å². The molecule has 0 aromatic heterocycles. The summed E-state index contributed by atoms with van der Waals surface area (Å²) in [7, 11) is 0. The molecule has 1 aliphatic rings. The van der Waals surface area contributed by atoms with Crippen LogP contribution >= 0.6 is 0 Å². The van der Waals surface area contributed by atoms with E-state index in [0.717, 1.165) is 5.56 Å². The van der Waals surface area contributed by atoms with Gasteiger partial charge in [-0.3, -0.25) is 5.43 Å². The van der Waals surface area contributed by atoms with Crippen LogP contribution in [0.4, 0.5) is 5.69 Å². The van der Waals surface area contributed by atoms with E-state index in [1.807, 2.05) is 6.08 Å². The molecule has 4 nitrogen and oxygen atoms in total. The number of hydrazone groups is 1. The van der Waals surface area contributed by atoms with Gasteiger partial charge in [0.05, 0.1) is 11.3 Å². The number of rotatable bonds is 1. The van der Waals surface area contributed by atoms with Gasteiger partial charge in [0.15, 0.2) is 0 Å². The third-order valence-electron chi connectivity index (χ3n) is 1.92. The Morgan fingerprint density at radius 3 is 3.07 bits per heavy atom. The molecule has 1 aliphatic heterocycles. The van der Waals surface area contributed by atoms with Crippen molar-refractivity contribution in [2.24, 2.45) is 5.10 Å². The van der Waals surface area contributed by atoms with E-state index in [9.17, 15) is 4.79 Å². The van der Waals surface area contributed by atoms with Gasteiger partial charge in [-0.25, -0.2) is 4.79 Å². The zero-order chi connectivity index (χ0) is 9.97. The smallest absolute Gasteiger partial charge is 0.335 e. The van der Waals surface area contributed by atoms with E-state index in [-0.39, 0.29) is 5.56 Å². The van der Waals surface area contributed by atoms with Gasteiger partial charge in [0.25, 0.3) is 0 Å². The molecule has 0 spiro atoms. The first-order valence-electron chi connectivity index (χ1n) is 4.10. The molecule has 0 unspecified atom stereocenters. The highest BCUT2D eigenvalue weighted by molar-refractivity contribution is 5.91. The van der Waals surface area contributed by atoms with Crippen molar-refractivity contribution in [2.75, 3.05) is 5.43 Å². The maximum Gasteiger partial charge on any atom is 0.335 e. The molecule has 0 bridgehead atoms. The molecule has 14 heavy (non-hydrogen) atoms. The van der Waals surface area contributed by atoms with Crippen LogP contribution in [-0.2, 0) is 0 Å². The van der Waals surface area contributed by atoms with Crippen LogP contribution in [-0.4, -0.2) is 17.3 Å². The first-order valence-corrected chi connectivity index (χ1v) is 4.10. The summed E-state index contributed by atoms with van der Waals surface area (Å²) in [6.07, 6.45) is 5.27. The van der Waals surface area contributed by atoms with Crippen LogP contribution in [0, 0.1) is 0 Å². The highest BCUT2D eigenvalue weighted by atomic mass is 16.4. The standard InChI is InChI=1S/C10H8N2O2/c13-10(14)8-4-3-7-2-1-5-11-12-9(7)6-8/h1-6,12H,(H,13,14). The predicted molar refractivity (Wildman–Crippen MR) is 54.6 cm³/mol. The summed E-state index contributed by atoms with van der Waals surface area (Å²) in [4.78, 5) is 10.7. The van der Waals surface area contributed by atoms with Crippen molar-refractivity contribution in [3.05, 3.63) is 35.4 Å². The minimum Gasteiger partial charge on any atom is -0.478 e. The molecule has 2 rings (SSSR count). The summed E-state index contributed by atoms with van der Waals surface area (Å²) < 4.78 is 0. The quantitative estimate of drug-likeness (QED) is 0.706. The Hall–Kier alpha value is -2.10. The van der Waals surface area contributed by atoms with E-state index >= 15 is 0 Å². The summed E-state index contributed by atoms with van der Waals surface area (Å²) in [6.45, 7) is 0. The number of allylic oxidation sites excluding steroid dienone is 1. The van der Waals surface area contributed by atoms with Gasteiger partial charge in [0.1, 0.15) is 0 Å². The summed E-state index contributed by atoms with van der Waals surface area (Å²) in [6, 6.07) is 4.88. The van der Waals surface area contributed by atoms with E-state index in [2.05, 4.69) is 10.5 Å². The maximum absolute atomic E-state index is 10.7. The molecule has 1 heterocycles. The van der Waals surface area contributed by atoms with Crippen LogP contribution in [0.25, 0.3) is 6.08 Å². The highest BCUT2D eigenvalue weighted by Gasteiger charge is 2.06. The Kier molecular flexibility index (Phi) is 2.02. The maximum atomic E-state index is 10.7. The molecule has 0 radical (unpaired) electrons. The van der Waals surface area contributed by atoms with E-state index in [1.54, 1.807) is 30.5 Å². The van der Waals surface area contributed by atoms with Crippen LogP contribution in [0.1, 0.15) is 15.9 Å². The van der Waals surface area contributed by atoms with Crippen LogP contribution in [0.3, 0.4) is 0 Å². The molecule has 0 aliphatic carbocycles. The second-order valence-electron chi connectivity index (χ2n) is 2.86. The molecule has 2 N–H and O–H groups in total. The first-order chi connectivity index (χ1) is 6.77. The molecule has 4 heteroatoms. The first kappa shape index (κ1) is 8.50. The topological polar surface area (TPSA) is 61.7 Å². The van der Waals surface area contributed by atoms with Gasteiger partial charge < -0.3 is 5.11 Å². The normalized spacial score (nSPS) is 12.9. The number of carboxylic acids is 1. The lowest BCUT2D eigenvalue weighted by Crippen LogP contribution is -1.98. The summed E-state index contributed by atoms with van der Waals surface area (Å²) in [5.74, 6) is -0.938. The van der Waals surface area contributed by atoms with Crippen molar-refractivity contribution in [3.63, 3.8) is 0 Å². The Morgan fingerprint density at radius 2 is 2.29 bits per heavy atom. The van der Waals surface area contributed by atoms with Gasteiger partial charge in [-0.05, 0) is 23.8 Å². The fraction of sp³-hybridized carbons (Fsp3) is 0. The van der Waals surface area contributed by atoms with Gasteiger partial charge in [-0.15, -0.1) is 0 Å². The van der Waals surface area contributed by atoms with Gasteiger partial charge in [-0.1, -0.05) is 12.1 Å². The van der Waals surface area contributed by atoms with Crippen LogP contribution in [0.5, 0.6) is 0 Å². The largest absolute Gasteiger partial charge is 0.478 e. The molecule has 70 valence electrons. The minimum atomic E-state index is -0.938. The molecule has 1 aromatic rings. The zero-order valence-electron chi connectivity index (χ0n) is 7.27. The number of benzene rings is 1. The number of hydrogen-bond acceptors (Lipinski definition) is 3. The third-order valence-corrected chi connectivity index (χ3v) is 1.92. The van der Waals surface area contributed by atoms with Gasteiger partial charge in [-0.2, -0.15) is 5.10 Å². The van der Waals surface area contributed by atoms with E-state index in [1.165, 1.54) is 0 Å². The number of carboxylic acid groups (broad SMARTS) is 1. The fourth-order valence-electron chi connectivity index (χ4n) is 1.23. The molecule has 0 saturated carbocycles. The average molecular weight is 188 g/mol. The molecular weight excluding hydrogens is 180 g/mol. The monoisotopic (exact) mass is 188 g/mol. The molecule has 0 fully saturated rings. The molecular formula is C10H8N2O2. The van der Waals surface area contributed by atoms with Gasteiger partial charge in [0, 0.05) is 6.21 Å². The lowest BCUT2D eigenvalue weighted by Gasteiger charge is -2.04. The number of anilines is 1. The number of nitrogens with zero attached hydrogens (tertiary/aromatic N) is 1. The molecule has 0 saturated heterocycles. The highest BCUT2D eigenvalue weighted by Crippen LogP contribution is 2.20. The molecule has 0 amide bonds. The molecule has 1 aromatic carbocycles. The Bertz CT molecular complexity index is 436. The van der Waals surface area contributed by atoms with Crippen LogP contribution < -0.4 is 5.43 Å². The lowest BCUT2D eigenvalue weighted by molar-refractivity contribution is 0.0697. The second-order valence-corrected chi connectivity index (χ2v) is 2.86. The van der Waals surface area contributed by atoms with Gasteiger partial charge in [0.2, 0.25) is 0 Å². The Balaban J connectivity index is 2.49. The van der Waals surface area contributed by atoms with E-state index in [0.29, 0.717) is 5.69 Å². The lowest BCUT2D eigenvalue weighted by atomic mass is 10.1. The van der Waals surface area contributed by atoms with Crippen molar-refractivity contribution in [1.29, 1.82) is 0 Å². The number of aromatic carboxylic acids is 1. The van der Waals surface area contributed by atoms with Crippen LogP contribution in [0.15, 0.2) is 29.4 Å². The predicted octanol–water partition coefficient (Wildman–Crippen LogP) is 1.81. The number of fused-ring (bicyclic) bond motifs is 1. The number of hydrogen-bond donors (Lipinski definition) is 2. The average Bonchev–Trinajstić information content (AvgIpc) is 2.41. The van der Waals surface area contributed by atoms with Crippen LogP contribution in [0.2, 0.25) is 0 Å². The van der Waals surface area contributed by atoms with Crippen molar-refractivity contribution >= 4 is 23.9 Å². The SMILES string of the molecule is O=C(O)c1ccc2c(c1)NN=CC=C2. The fourth-order valence-corrected chi connectivity index (χ4v) is 1.23. The van der Waals surface area contributed by atoms with Gasteiger partial charge >= 0.3 is 5.97 Å². The minimum absolute atomic E-state index is 0.252. The third kappa shape index (κ3) is 1.50. The summed E-state index contributed by atoms with van der Waals surface area (Å²) in [5, 5.41) is 12.6. The van der Waals surface area contributed by atoms with E-state index < -0.39 is 5.97 Å². The van der Waals surface area contributed by atoms with Crippen molar-refractivity contribution < 1.29 is 9.90 Å². The number of nitrogens with one attached hydrogen (secondary N) is 1. The summed E-state index contributed by atoms with van der Waals surface area (Å²) >= 11 is 0. The summed E-state index contributed by atoms with van der Waals surface area (Å²) in [5.41, 5.74) is 4.64. The molecule has 0 atom stereocenters. The Morgan fingerprint density at radius 1 is 1.43 bits per heavy atom.